The fourth-order valence-electron chi connectivity index (χ4n) is 6.07. The average Bonchev–Trinajstić information content (AvgIpc) is 3.89. The number of pyridine rings is 4. The maximum absolute atomic E-state index is 2.38. The highest BCUT2D eigenvalue weighted by Gasteiger charge is 2.32. The first-order valence-corrected chi connectivity index (χ1v) is 23.5. The third kappa shape index (κ3) is 10.9. The van der Waals surface area contributed by atoms with E-state index in [1.165, 1.54) is 53.0 Å². The van der Waals surface area contributed by atoms with E-state index in [4.69, 9.17) is 0 Å². The van der Waals surface area contributed by atoms with Gasteiger partial charge in [0.05, 0.1) is 9.16 Å². The third-order valence-electron chi connectivity index (χ3n) is 9.23. The first kappa shape index (κ1) is 39.8. The minimum Gasteiger partial charge on any atom is -0.208 e. The van der Waals surface area contributed by atoms with Gasteiger partial charge in [-0.1, -0.05) is 56.0 Å². The summed E-state index contributed by atoms with van der Waals surface area (Å²) in [6.45, 7) is 1.75. The summed E-state index contributed by atoms with van der Waals surface area (Å²) >= 11 is 12.0. The van der Waals surface area contributed by atoms with E-state index >= 15 is 0 Å². The lowest BCUT2D eigenvalue weighted by atomic mass is 10.1. The summed E-state index contributed by atoms with van der Waals surface area (Å²) in [7, 11) is 4.09. The Labute approximate surface area is 352 Å². The van der Waals surface area contributed by atoms with Crippen LogP contribution in [0.3, 0.4) is 0 Å². The summed E-state index contributed by atoms with van der Waals surface area (Å²) in [5.74, 6) is 2.01. The molecule has 8 rings (SSSR count). The summed E-state index contributed by atoms with van der Waals surface area (Å²) in [4.78, 5) is 0. The molecule has 2 aliphatic heterocycles. The van der Waals surface area contributed by atoms with Gasteiger partial charge < -0.3 is 0 Å². The summed E-state index contributed by atoms with van der Waals surface area (Å²) in [5.41, 5.74) is 10.3. The van der Waals surface area contributed by atoms with Crippen molar-refractivity contribution in [3.63, 3.8) is 0 Å². The fourth-order valence-corrected chi connectivity index (χ4v) is 14.9. The van der Waals surface area contributed by atoms with Crippen LogP contribution in [0.4, 0.5) is 0 Å². The Morgan fingerprint density at radius 2 is 0.745 bits per heavy atom. The summed E-state index contributed by atoms with van der Waals surface area (Å²) in [5, 5.41) is 4.77. The normalized spacial score (nSPS) is 16.4. The number of hydrogen-bond donors (Lipinski definition) is 0. The molecule has 6 aromatic rings. The topological polar surface area (TPSA) is 15.5 Å². The van der Waals surface area contributed by atoms with Crippen molar-refractivity contribution in [2.24, 2.45) is 14.1 Å². The van der Waals surface area contributed by atoms with Crippen LogP contribution in [0.25, 0.3) is 22.3 Å². The van der Waals surface area contributed by atoms with Gasteiger partial charge in [0.25, 0.3) is 0 Å². The molecule has 2 atom stereocenters. The van der Waals surface area contributed by atoms with E-state index in [2.05, 4.69) is 176 Å². The monoisotopic (exact) mass is 834 g/mol. The smallest absolute Gasteiger partial charge is 0.173 e. The van der Waals surface area contributed by atoms with Gasteiger partial charge in [0.1, 0.15) is 14.1 Å². The molecule has 0 saturated carbocycles. The second kappa shape index (κ2) is 19.2. The minimum atomic E-state index is 0. The standard InChI is InChI=1S/C44H42N4S6.CH4/c1-45-19-11-37(12-20-45)39-15-23-47(24-16-39)27-33-3-7-35(8-4-33)29-49-41-31-51-43(53-41)44-52-32-42(54-44)50-30-36-9-5-34(6-10-36)28-48-25-17-40(18-26-48)38-13-21-46(2)22-14-38;/h3-26,31-32,43-44H,27-30H2,1-2H3;1H4/q+4;. The number of benzene rings is 2. The maximum Gasteiger partial charge on any atom is 0.173 e. The molecular weight excluding hydrogens is 789 g/mol. The highest BCUT2D eigenvalue weighted by atomic mass is 32.2. The number of nitrogens with zero attached hydrogens (tertiary/aromatic N) is 4. The molecule has 0 aliphatic carbocycles. The SMILES string of the molecule is C.C[n+]1ccc(-c2cc[n+](Cc3ccc(CSC4=CSC(C5SC=C(SCc6ccc(C[n+]7ccc(-c8cc[n+](C)cc8)cc7)cc6)S5)S4)cc3)cc2)cc1. The Hall–Kier alpha value is -3.38. The van der Waals surface area contributed by atoms with Gasteiger partial charge in [-0.3, -0.25) is 0 Å². The van der Waals surface area contributed by atoms with Crippen molar-refractivity contribution < 1.29 is 18.3 Å². The van der Waals surface area contributed by atoms with Crippen LogP contribution in [0.2, 0.25) is 0 Å². The van der Waals surface area contributed by atoms with Gasteiger partial charge in [0.2, 0.25) is 0 Å². The quantitative estimate of drug-likeness (QED) is 0.107. The second-order valence-electron chi connectivity index (χ2n) is 13.4. The van der Waals surface area contributed by atoms with Gasteiger partial charge in [0, 0.05) is 79.6 Å². The second-order valence-corrected chi connectivity index (χ2v) is 20.9. The molecule has 0 saturated heterocycles. The molecule has 0 radical (unpaired) electrons. The first-order chi connectivity index (χ1) is 26.5. The van der Waals surface area contributed by atoms with Crippen LogP contribution in [-0.4, -0.2) is 9.16 Å². The molecule has 2 aliphatic rings. The van der Waals surface area contributed by atoms with E-state index in [0.29, 0.717) is 9.16 Å². The van der Waals surface area contributed by atoms with Crippen LogP contribution in [-0.2, 0) is 38.7 Å². The van der Waals surface area contributed by atoms with Crippen LogP contribution in [0, 0.1) is 0 Å². The number of rotatable bonds is 13. The molecule has 10 heteroatoms. The largest absolute Gasteiger partial charge is 0.208 e. The molecule has 2 unspecified atom stereocenters. The van der Waals surface area contributed by atoms with Crippen molar-refractivity contribution >= 4 is 70.6 Å². The molecule has 0 fully saturated rings. The number of aryl methyl sites for hydroxylation is 2. The molecule has 0 spiro atoms. The lowest BCUT2D eigenvalue weighted by Crippen LogP contribution is -2.33. The van der Waals surface area contributed by atoms with E-state index in [-0.39, 0.29) is 7.43 Å². The molecule has 55 heavy (non-hydrogen) atoms. The molecule has 0 N–H and O–H groups in total. The minimum absolute atomic E-state index is 0. The zero-order valence-electron chi connectivity index (χ0n) is 30.2. The fraction of sp³-hybridized carbons (Fsp3) is 0.200. The zero-order chi connectivity index (χ0) is 36.7. The molecule has 4 nitrogen and oxygen atoms in total. The van der Waals surface area contributed by atoms with Gasteiger partial charge in [0.15, 0.2) is 62.7 Å². The molecule has 0 bridgehead atoms. The van der Waals surface area contributed by atoms with Crippen molar-refractivity contribution in [2.45, 2.75) is 41.2 Å². The summed E-state index contributed by atoms with van der Waals surface area (Å²) in [6.07, 6.45) is 17.1. The lowest BCUT2D eigenvalue weighted by Gasteiger charge is -2.16. The molecule has 0 amide bonds. The van der Waals surface area contributed by atoms with Crippen LogP contribution in [0.1, 0.15) is 29.7 Å². The Bertz CT molecular complexity index is 2060. The molecular formula is C45H46N4S6+4. The van der Waals surface area contributed by atoms with Crippen molar-refractivity contribution in [2.75, 3.05) is 0 Å². The summed E-state index contributed by atoms with van der Waals surface area (Å²) < 4.78 is 12.6. The highest BCUT2D eigenvalue weighted by Crippen LogP contribution is 2.57. The third-order valence-corrected chi connectivity index (χ3v) is 18.3. The van der Waals surface area contributed by atoms with Crippen molar-refractivity contribution in [1.29, 1.82) is 0 Å². The van der Waals surface area contributed by atoms with Gasteiger partial charge in [-0.25, -0.2) is 18.3 Å². The molecule has 4 aromatic heterocycles. The van der Waals surface area contributed by atoms with E-state index < -0.39 is 0 Å². The Morgan fingerprint density at radius 3 is 1.09 bits per heavy atom. The number of aromatic nitrogens is 4. The zero-order valence-corrected chi connectivity index (χ0v) is 35.1. The van der Waals surface area contributed by atoms with Crippen molar-refractivity contribution in [1.82, 2.24) is 0 Å². The van der Waals surface area contributed by atoms with Gasteiger partial charge >= 0.3 is 0 Å². The van der Waals surface area contributed by atoms with E-state index in [9.17, 15) is 0 Å². The summed E-state index contributed by atoms with van der Waals surface area (Å²) in [6, 6.07) is 35.7. The van der Waals surface area contributed by atoms with Crippen LogP contribution in [0.15, 0.2) is 166 Å². The molecule has 278 valence electrons. The van der Waals surface area contributed by atoms with E-state index in [1.807, 2.05) is 84.7 Å². The van der Waals surface area contributed by atoms with Gasteiger partial charge in [-0.15, -0.1) is 70.6 Å². The first-order valence-electron chi connectivity index (χ1n) is 17.8. The Balaban J connectivity index is 0.00000465. The predicted molar refractivity (Wildman–Crippen MR) is 241 cm³/mol. The van der Waals surface area contributed by atoms with Gasteiger partial charge in [-0.05, 0) is 44.2 Å². The number of hydrogen-bond acceptors (Lipinski definition) is 6. The van der Waals surface area contributed by atoms with Crippen molar-refractivity contribution in [3.8, 4) is 22.3 Å². The lowest BCUT2D eigenvalue weighted by molar-refractivity contribution is -0.688. The predicted octanol–water partition coefficient (Wildman–Crippen LogP) is 10.4. The van der Waals surface area contributed by atoms with Crippen LogP contribution >= 0.6 is 70.6 Å². The maximum atomic E-state index is 2.38. The molecule has 2 aromatic carbocycles. The van der Waals surface area contributed by atoms with Crippen LogP contribution < -0.4 is 18.3 Å². The Morgan fingerprint density at radius 1 is 0.436 bits per heavy atom. The Kier molecular flexibility index (Phi) is 13.9. The van der Waals surface area contributed by atoms with Crippen molar-refractivity contribution in [3.05, 3.63) is 188 Å². The van der Waals surface area contributed by atoms with Gasteiger partial charge in [-0.2, -0.15) is 0 Å². The number of thioether (sulfide) groups is 6. The van der Waals surface area contributed by atoms with E-state index in [0.717, 1.165) is 24.6 Å². The highest BCUT2D eigenvalue weighted by molar-refractivity contribution is 8.36. The molecule has 6 heterocycles. The van der Waals surface area contributed by atoms with E-state index in [1.54, 1.807) is 0 Å². The van der Waals surface area contributed by atoms with Crippen LogP contribution in [0.5, 0.6) is 0 Å². The average molecular weight is 835 g/mol.